The number of imidazole rings is 1. The second-order valence-corrected chi connectivity index (χ2v) is 8.64. The molecule has 2 atom stereocenters. The van der Waals surface area contributed by atoms with Crippen molar-refractivity contribution >= 4 is 36.4 Å². The number of carbonyl (C=O) groups is 1. The van der Waals surface area contributed by atoms with Crippen molar-refractivity contribution in [3.05, 3.63) is 120 Å². The number of amides is 1. The molecule has 0 aliphatic rings. The molecule has 1 unspecified atom stereocenters. The molecule has 0 aliphatic carbocycles. The highest BCUT2D eigenvalue weighted by Gasteiger charge is 2.15. The second-order valence-electron chi connectivity index (χ2n) is 8.64. The fraction of sp³-hybridized carbons (Fsp3) is 0.241. The van der Waals surface area contributed by atoms with Gasteiger partial charge in [0.1, 0.15) is 5.82 Å². The minimum Gasteiger partial charge on any atom is -0.387 e. The molecule has 0 radical (unpaired) electrons. The van der Waals surface area contributed by atoms with Crippen LogP contribution < -0.4 is 10.6 Å². The highest BCUT2D eigenvalue weighted by atomic mass is 35.5. The molecule has 196 valence electrons. The maximum absolute atomic E-state index is 12.7. The van der Waals surface area contributed by atoms with Crippen molar-refractivity contribution in [3.63, 3.8) is 0 Å². The maximum atomic E-state index is 12.7. The van der Waals surface area contributed by atoms with Gasteiger partial charge >= 0.3 is 0 Å². The molecule has 0 saturated heterocycles. The van der Waals surface area contributed by atoms with Crippen LogP contribution in [0.2, 0.25) is 0 Å². The Bertz CT molecular complexity index is 1200. The molecule has 8 heteroatoms. The molecule has 0 aliphatic heterocycles. The first-order chi connectivity index (χ1) is 17.1. The lowest BCUT2D eigenvalue weighted by Gasteiger charge is -2.17. The standard InChI is InChI=1S/C29H32N4O2.2ClH/c1-22(24-8-4-2-5-9-24)33-19-18-31-28(33)20-29(35)32-26-14-12-23(13-15-26)16-17-30-21-27(34)25-10-6-3-7-11-25;;/h2-15,18-19,22,27,30,34H,16-17,20-21H2,1H3,(H,32,35);2*1H/t22-,27?;;/m1../s1. The highest BCUT2D eigenvalue weighted by Crippen LogP contribution is 2.20. The van der Waals surface area contributed by atoms with Crippen molar-refractivity contribution in [2.75, 3.05) is 18.4 Å². The van der Waals surface area contributed by atoms with Crippen LogP contribution in [-0.4, -0.2) is 33.7 Å². The van der Waals surface area contributed by atoms with E-state index in [0.717, 1.165) is 35.6 Å². The van der Waals surface area contributed by atoms with E-state index in [4.69, 9.17) is 0 Å². The van der Waals surface area contributed by atoms with Crippen LogP contribution in [0.5, 0.6) is 0 Å². The van der Waals surface area contributed by atoms with E-state index in [2.05, 4.69) is 34.7 Å². The van der Waals surface area contributed by atoms with E-state index in [0.29, 0.717) is 6.54 Å². The summed E-state index contributed by atoms with van der Waals surface area (Å²) >= 11 is 0. The Morgan fingerprint density at radius 3 is 2.19 bits per heavy atom. The van der Waals surface area contributed by atoms with Crippen LogP contribution >= 0.6 is 24.8 Å². The molecular formula is C29H34Cl2N4O2. The normalized spacial score (nSPS) is 12.1. The molecule has 3 N–H and O–H groups in total. The van der Waals surface area contributed by atoms with Gasteiger partial charge in [0.05, 0.1) is 18.6 Å². The van der Waals surface area contributed by atoms with Crippen LogP contribution in [0.4, 0.5) is 5.69 Å². The molecule has 0 spiro atoms. The number of anilines is 1. The third-order valence-electron chi connectivity index (χ3n) is 6.12. The van der Waals surface area contributed by atoms with Crippen LogP contribution in [0.15, 0.2) is 97.3 Å². The van der Waals surface area contributed by atoms with Crippen molar-refractivity contribution in [2.45, 2.75) is 31.9 Å². The van der Waals surface area contributed by atoms with E-state index in [9.17, 15) is 9.90 Å². The molecular weight excluding hydrogens is 507 g/mol. The molecule has 1 aromatic heterocycles. The van der Waals surface area contributed by atoms with E-state index in [1.807, 2.05) is 83.6 Å². The number of rotatable bonds is 11. The number of benzene rings is 3. The third-order valence-corrected chi connectivity index (χ3v) is 6.12. The Balaban J connectivity index is 0.00000241. The van der Waals surface area contributed by atoms with E-state index in [1.54, 1.807) is 6.20 Å². The zero-order valence-electron chi connectivity index (χ0n) is 20.8. The number of aromatic nitrogens is 2. The molecule has 4 rings (SSSR count). The van der Waals surface area contributed by atoms with E-state index >= 15 is 0 Å². The summed E-state index contributed by atoms with van der Waals surface area (Å²) in [6.45, 7) is 3.38. The van der Waals surface area contributed by atoms with Crippen molar-refractivity contribution in [1.82, 2.24) is 14.9 Å². The Kier molecular flexibility index (Phi) is 12.3. The Morgan fingerprint density at radius 2 is 1.54 bits per heavy atom. The lowest BCUT2D eigenvalue weighted by Crippen LogP contribution is -2.23. The molecule has 3 aromatic carbocycles. The van der Waals surface area contributed by atoms with Crippen LogP contribution in [0, 0.1) is 0 Å². The summed E-state index contributed by atoms with van der Waals surface area (Å²) in [5.41, 5.74) is 4.02. The van der Waals surface area contributed by atoms with Gasteiger partial charge < -0.3 is 20.3 Å². The summed E-state index contributed by atoms with van der Waals surface area (Å²) in [7, 11) is 0. The van der Waals surface area contributed by atoms with E-state index < -0.39 is 6.10 Å². The number of nitrogens with one attached hydrogen (secondary N) is 2. The van der Waals surface area contributed by atoms with E-state index in [1.165, 1.54) is 5.56 Å². The average molecular weight is 542 g/mol. The largest absolute Gasteiger partial charge is 0.387 e. The number of nitrogens with zero attached hydrogens (tertiary/aromatic N) is 2. The topological polar surface area (TPSA) is 79.2 Å². The number of aliphatic hydroxyl groups excluding tert-OH is 1. The summed E-state index contributed by atoms with van der Waals surface area (Å²) in [6, 6.07) is 27.8. The van der Waals surface area contributed by atoms with Gasteiger partial charge in [-0.3, -0.25) is 4.79 Å². The van der Waals surface area contributed by atoms with Gasteiger partial charge in [0, 0.05) is 24.6 Å². The SMILES string of the molecule is C[C@H](c1ccccc1)n1ccnc1CC(=O)Nc1ccc(CCNCC(O)c2ccccc2)cc1.Cl.Cl. The van der Waals surface area contributed by atoms with Crippen molar-refractivity contribution in [1.29, 1.82) is 0 Å². The zero-order chi connectivity index (χ0) is 24.5. The first-order valence-electron chi connectivity index (χ1n) is 12.0. The van der Waals surface area contributed by atoms with E-state index in [-0.39, 0.29) is 43.2 Å². The molecule has 4 aromatic rings. The van der Waals surface area contributed by atoms with Crippen molar-refractivity contribution < 1.29 is 9.90 Å². The Morgan fingerprint density at radius 1 is 0.919 bits per heavy atom. The number of aliphatic hydroxyl groups is 1. The van der Waals surface area contributed by atoms with Crippen LogP contribution in [0.3, 0.4) is 0 Å². The van der Waals surface area contributed by atoms with Crippen LogP contribution in [0.25, 0.3) is 0 Å². The third kappa shape index (κ3) is 8.72. The maximum Gasteiger partial charge on any atom is 0.231 e. The average Bonchev–Trinajstić information content (AvgIpc) is 3.35. The predicted molar refractivity (Wildman–Crippen MR) is 154 cm³/mol. The first kappa shape index (κ1) is 30.1. The highest BCUT2D eigenvalue weighted by molar-refractivity contribution is 5.91. The predicted octanol–water partition coefficient (Wildman–Crippen LogP) is 5.38. The molecule has 0 fully saturated rings. The first-order valence-corrected chi connectivity index (χ1v) is 12.0. The molecule has 0 bridgehead atoms. The minimum atomic E-state index is -0.514. The smallest absolute Gasteiger partial charge is 0.231 e. The number of halogens is 2. The summed E-state index contributed by atoms with van der Waals surface area (Å²) in [5, 5.41) is 16.5. The fourth-order valence-corrected chi connectivity index (χ4v) is 4.09. The summed E-state index contributed by atoms with van der Waals surface area (Å²) in [6.07, 6.45) is 4.19. The van der Waals surface area contributed by atoms with Crippen LogP contribution in [0.1, 0.15) is 41.6 Å². The molecule has 0 saturated carbocycles. The van der Waals surface area contributed by atoms with Gasteiger partial charge in [0.2, 0.25) is 5.91 Å². The zero-order valence-corrected chi connectivity index (χ0v) is 22.4. The Hall–Kier alpha value is -3.16. The second kappa shape index (κ2) is 15.2. The molecule has 1 heterocycles. The summed E-state index contributed by atoms with van der Waals surface area (Å²) < 4.78 is 2.04. The lowest BCUT2D eigenvalue weighted by atomic mass is 10.1. The van der Waals surface area contributed by atoms with Gasteiger partial charge in [-0.1, -0.05) is 72.8 Å². The van der Waals surface area contributed by atoms with Crippen molar-refractivity contribution in [2.24, 2.45) is 0 Å². The molecule has 6 nitrogen and oxygen atoms in total. The molecule has 1 amide bonds. The fourth-order valence-electron chi connectivity index (χ4n) is 4.09. The number of hydrogen-bond donors (Lipinski definition) is 3. The number of carbonyl (C=O) groups excluding carboxylic acids is 1. The quantitative estimate of drug-likeness (QED) is 0.223. The van der Waals surface area contributed by atoms with Gasteiger partial charge in [-0.2, -0.15) is 0 Å². The van der Waals surface area contributed by atoms with Gasteiger partial charge in [-0.05, 0) is 48.7 Å². The van der Waals surface area contributed by atoms with Gasteiger partial charge in [-0.25, -0.2) is 4.98 Å². The molecule has 37 heavy (non-hydrogen) atoms. The van der Waals surface area contributed by atoms with Crippen LogP contribution in [-0.2, 0) is 17.6 Å². The summed E-state index contributed by atoms with van der Waals surface area (Å²) in [5.74, 6) is 0.640. The van der Waals surface area contributed by atoms with Gasteiger partial charge in [0.15, 0.2) is 0 Å². The number of hydrogen-bond acceptors (Lipinski definition) is 4. The summed E-state index contributed by atoms with van der Waals surface area (Å²) in [4.78, 5) is 17.1. The lowest BCUT2D eigenvalue weighted by molar-refractivity contribution is -0.115. The van der Waals surface area contributed by atoms with Crippen molar-refractivity contribution in [3.8, 4) is 0 Å². The Labute approximate surface area is 231 Å². The monoisotopic (exact) mass is 540 g/mol. The van der Waals surface area contributed by atoms with Gasteiger partial charge in [0.25, 0.3) is 0 Å². The minimum absolute atomic E-state index is 0. The van der Waals surface area contributed by atoms with Gasteiger partial charge in [-0.15, -0.1) is 24.8 Å².